The van der Waals surface area contributed by atoms with Crippen LogP contribution < -0.4 is 9.47 Å². The molecule has 0 fully saturated rings. The average Bonchev–Trinajstić information content (AvgIpc) is 2.59. The maximum Gasteiger partial charge on any atom is 0.254 e. The number of amides is 1. The van der Waals surface area contributed by atoms with E-state index in [1.807, 2.05) is 55.6 Å². The first-order valence-electron chi connectivity index (χ1n) is 7.41. The van der Waals surface area contributed by atoms with Gasteiger partial charge in [-0.2, -0.15) is 0 Å². The van der Waals surface area contributed by atoms with Crippen LogP contribution in [0.15, 0.2) is 42.5 Å². The number of hydrogen-bond acceptors (Lipinski definition) is 3. The number of hydrogen-bond donors (Lipinski definition) is 0. The summed E-state index contributed by atoms with van der Waals surface area (Å²) in [5.74, 6) is 1.62. The van der Waals surface area contributed by atoms with Crippen LogP contribution in [0.3, 0.4) is 0 Å². The Labute approximate surface area is 135 Å². The highest BCUT2D eigenvalue weighted by Gasteiger charge is 2.25. The predicted molar refractivity (Wildman–Crippen MR) is 90.3 cm³/mol. The lowest BCUT2D eigenvalue weighted by Gasteiger charge is -2.27. The number of carbonyl (C=O) groups is 1. The number of carbonyl (C=O) groups excluding carboxylic acids is 1. The van der Waals surface area contributed by atoms with Crippen molar-refractivity contribution in [3.63, 3.8) is 0 Å². The highest BCUT2D eigenvalue weighted by Crippen LogP contribution is 2.32. The predicted octanol–water partition coefficient (Wildman–Crippen LogP) is 3.22. The van der Waals surface area contributed by atoms with E-state index >= 15 is 0 Å². The van der Waals surface area contributed by atoms with E-state index in [4.69, 9.17) is 9.47 Å². The van der Waals surface area contributed by atoms with Gasteiger partial charge in [-0.05, 0) is 47.0 Å². The van der Waals surface area contributed by atoms with E-state index in [1.165, 1.54) is 0 Å². The first kappa shape index (κ1) is 15.2. The summed E-state index contributed by atoms with van der Waals surface area (Å²) in [4.78, 5) is 14.3. The van der Waals surface area contributed by atoms with Crippen molar-refractivity contribution in [1.82, 2.24) is 4.90 Å². The number of rotatable bonds is 3. The zero-order valence-electron chi connectivity index (χ0n) is 13.5. The van der Waals surface area contributed by atoms with Crippen molar-refractivity contribution in [1.29, 1.82) is 0 Å². The monoisotopic (exact) mass is 309 g/mol. The lowest BCUT2D eigenvalue weighted by atomic mass is 9.92. The zero-order chi connectivity index (χ0) is 16.4. The molecule has 1 aliphatic heterocycles. The van der Waals surface area contributed by atoms with E-state index in [0.29, 0.717) is 12.1 Å². The molecular formula is C19H19NO3. The van der Waals surface area contributed by atoms with Gasteiger partial charge in [-0.1, -0.05) is 18.2 Å². The molecule has 0 unspecified atom stereocenters. The number of ether oxygens (including phenoxy) is 2. The van der Waals surface area contributed by atoms with Crippen molar-refractivity contribution in [2.45, 2.75) is 6.54 Å². The van der Waals surface area contributed by atoms with E-state index in [1.54, 1.807) is 19.1 Å². The number of likely N-dealkylation sites (N-methyl/N-ethyl adjacent to an activating group) is 1. The van der Waals surface area contributed by atoms with Crippen molar-refractivity contribution >= 4 is 17.6 Å². The van der Waals surface area contributed by atoms with Crippen molar-refractivity contribution < 1.29 is 14.3 Å². The smallest absolute Gasteiger partial charge is 0.254 e. The standard InChI is InChI=1S/C19H19NO3/c1-20-12-14-11-16(23-3)8-9-17(14)18(19(20)21)10-13-4-6-15(22-2)7-5-13/h4-11H,12H2,1-3H3/b18-10+. The maximum absolute atomic E-state index is 12.6. The second kappa shape index (κ2) is 6.16. The molecule has 1 aliphatic rings. The topological polar surface area (TPSA) is 38.8 Å². The van der Waals surface area contributed by atoms with Crippen LogP contribution in [0, 0.1) is 0 Å². The van der Waals surface area contributed by atoms with Gasteiger partial charge in [-0.25, -0.2) is 0 Å². The van der Waals surface area contributed by atoms with E-state index in [0.717, 1.165) is 28.2 Å². The molecule has 118 valence electrons. The molecule has 2 aromatic carbocycles. The third-order valence-corrected chi connectivity index (χ3v) is 4.01. The second-order valence-electron chi connectivity index (χ2n) is 5.52. The Bertz CT molecular complexity index is 763. The molecule has 1 amide bonds. The molecule has 0 saturated heterocycles. The molecule has 1 heterocycles. The van der Waals surface area contributed by atoms with Gasteiger partial charge in [-0.15, -0.1) is 0 Å². The average molecular weight is 309 g/mol. The van der Waals surface area contributed by atoms with Crippen molar-refractivity contribution in [3.05, 3.63) is 59.2 Å². The van der Waals surface area contributed by atoms with Gasteiger partial charge in [0, 0.05) is 19.2 Å². The molecule has 0 aliphatic carbocycles. The van der Waals surface area contributed by atoms with Crippen molar-refractivity contribution in [2.75, 3.05) is 21.3 Å². The molecule has 4 heteroatoms. The summed E-state index contributed by atoms with van der Waals surface area (Å²) in [6.45, 7) is 0.589. The van der Waals surface area contributed by atoms with Crippen LogP contribution >= 0.6 is 0 Å². The Balaban J connectivity index is 2.06. The van der Waals surface area contributed by atoms with Crippen LogP contribution in [0.5, 0.6) is 11.5 Å². The molecule has 0 bridgehead atoms. The molecule has 4 nitrogen and oxygen atoms in total. The molecule has 0 atom stereocenters. The van der Waals surface area contributed by atoms with Crippen molar-refractivity contribution in [3.8, 4) is 11.5 Å². The Morgan fingerprint density at radius 2 is 1.65 bits per heavy atom. The van der Waals surface area contributed by atoms with Gasteiger partial charge < -0.3 is 14.4 Å². The minimum absolute atomic E-state index is 0.0264. The Morgan fingerprint density at radius 1 is 1.00 bits per heavy atom. The third-order valence-electron chi connectivity index (χ3n) is 4.01. The molecule has 0 N–H and O–H groups in total. The first-order chi connectivity index (χ1) is 11.1. The number of fused-ring (bicyclic) bond motifs is 1. The van der Waals surface area contributed by atoms with Crippen LogP contribution in [-0.4, -0.2) is 32.1 Å². The fourth-order valence-corrected chi connectivity index (χ4v) is 2.75. The van der Waals surface area contributed by atoms with E-state index < -0.39 is 0 Å². The van der Waals surface area contributed by atoms with E-state index in [-0.39, 0.29) is 5.91 Å². The van der Waals surface area contributed by atoms with Gasteiger partial charge in [0.1, 0.15) is 11.5 Å². The summed E-state index contributed by atoms with van der Waals surface area (Å²) in [6, 6.07) is 13.5. The van der Waals surface area contributed by atoms with E-state index in [9.17, 15) is 4.79 Å². The zero-order valence-corrected chi connectivity index (χ0v) is 13.5. The fourth-order valence-electron chi connectivity index (χ4n) is 2.75. The molecule has 2 aromatic rings. The highest BCUT2D eigenvalue weighted by molar-refractivity contribution is 6.25. The van der Waals surface area contributed by atoms with Gasteiger partial charge in [0.2, 0.25) is 0 Å². The summed E-state index contributed by atoms with van der Waals surface area (Å²) in [6.07, 6.45) is 1.92. The number of benzene rings is 2. The van der Waals surface area contributed by atoms with Crippen LogP contribution in [-0.2, 0) is 11.3 Å². The Hall–Kier alpha value is -2.75. The summed E-state index contributed by atoms with van der Waals surface area (Å²) in [5, 5.41) is 0. The van der Waals surface area contributed by atoms with Gasteiger partial charge >= 0.3 is 0 Å². The summed E-state index contributed by atoms with van der Waals surface area (Å²) in [7, 11) is 5.09. The second-order valence-corrected chi connectivity index (χ2v) is 5.52. The largest absolute Gasteiger partial charge is 0.497 e. The van der Waals surface area contributed by atoms with E-state index in [2.05, 4.69) is 0 Å². The fraction of sp³-hybridized carbons (Fsp3) is 0.211. The lowest BCUT2D eigenvalue weighted by molar-refractivity contribution is -0.124. The highest BCUT2D eigenvalue weighted by atomic mass is 16.5. The maximum atomic E-state index is 12.6. The Morgan fingerprint density at radius 3 is 2.30 bits per heavy atom. The third kappa shape index (κ3) is 2.93. The molecule has 0 saturated carbocycles. The molecule has 0 spiro atoms. The molecule has 0 aromatic heterocycles. The van der Waals surface area contributed by atoms with Gasteiger partial charge in [0.05, 0.1) is 14.2 Å². The van der Waals surface area contributed by atoms with Crippen LogP contribution in [0.4, 0.5) is 0 Å². The number of nitrogens with zero attached hydrogens (tertiary/aromatic N) is 1. The van der Waals surface area contributed by atoms with Crippen LogP contribution in [0.2, 0.25) is 0 Å². The van der Waals surface area contributed by atoms with Crippen molar-refractivity contribution in [2.24, 2.45) is 0 Å². The summed E-state index contributed by atoms with van der Waals surface area (Å²) in [5.41, 5.74) is 3.71. The minimum Gasteiger partial charge on any atom is -0.497 e. The lowest BCUT2D eigenvalue weighted by Crippen LogP contribution is -2.31. The van der Waals surface area contributed by atoms with Crippen LogP contribution in [0.1, 0.15) is 16.7 Å². The normalized spacial score (nSPS) is 15.5. The molecule has 3 rings (SSSR count). The Kier molecular flexibility index (Phi) is 4.06. The summed E-state index contributed by atoms with van der Waals surface area (Å²) >= 11 is 0. The molecular weight excluding hydrogens is 290 g/mol. The molecule has 23 heavy (non-hydrogen) atoms. The van der Waals surface area contributed by atoms with Crippen LogP contribution in [0.25, 0.3) is 11.6 Å². The molecule has 0 radical (unpaired) electrons. The van der Waals surface area contributed by atoms with Gasteiger partial charge in [-0.3, -0.25) is 4.79 Å². The SMILES string of the molecule is COc1ccc(/C=C2/C(=O)N(C)Cc3cc(OC)ccc32)cc1. The first-order valence-corrected chi connectivity index (χ1v) is 7.41. The quantitative estimate of drug-likeness (QED) is 0.817. The minimum atomic E-state index is 0.0264. The van der Waals surface area contributed by atoms with Gasteiger partial charge in [0.15, 0.2) is 0 Å². The van der Waals surface area contributed by atoms with Gasteiger partial charge in [0.25, 0.3) is 5.91 Å². The number of methoxy groups -OCH3 is 2. The summed E-state index contributed by atoms with van der Waals surface area (Å²) < 4.78 is 10.5.